The third kappa shape index (κ3) is 3.58. The Kier molecular flexibility index (Phi) is 5.03. The summed E-state index contributed by atoms with van der Waals surface area (Å²) in [6.07, 6.45) is 1.44. The van der Waals surface area contributed by atoms with Crippen LogP contribution < -0.4 is 5.32 Å². The Morgan fingerprint density at radius 3 is 2.48 bits per heavy atom. The minimum Gasteiger partial charge on any atom is -0.466 e. The minimum absolute atomic E-state index is 0.0741. The summed E-state index contributed by atoms with van der Waals surface area (Å²) < 4.78 is 5.30. The first-order chi connectivity index (χ1) is 12.8. The van der Waals surface area contributed by atoms with Crippen molar-refractivity contribution in [2.24, 2.45) is 0 Å². The zero-order valence-electron chi connectivity index (χ0n) is 15.6. The fraction of sp³-hybridized carbons (Fsp3) is 0.350. The van der Waals surface area contributed by atoms with Gasteiger partial charge in [0.2, 0.25) is 5.91 Å². The van der Waals surface area contributed by atoms with Crippen LogP contribution >= 0.6 is 0 Å². The summed E-state index contributed by atoms with van der Waals surface area (Å²) in [6.45, 7) is 5.47. The number of amides is 4. The molecule has 7 nitrogen and oxygen atoms in total. The van der Waals surface area contributed by atoms with Crippen molar-refractivity contribution in [3.05, 3.63) is 60.1 Å². The van der Waals surface area contributed by atoms with Gasteiger partial charge in [-0.05, 0) is 38.5 Å². The van der Waals surface area contributed by atoms with Crippen LogP contribution in [-0.2, 0) is 21.7 Å². The van der Waals surface area contributed by atoms with Gasteiger partial charge in [0.25, 0.3) is 5.91 Å². The van der Waals surface area contributed by atoms with Crippen LogP contribution in [0.5, 0.6) is 0 Å². The molecule has 0 saturated carbocycles. The quantitative estimate of drug-likeness (QED) is 0.793. The van der Waals surface area contributed by atoms with Crippen molar-refractivity contribution in [2.75, 3.05) is 6.54 Å². The number of carbonyl (C=O) groups excluding carboxylic acids is 3. The van der Waals surface area contributed by atoms with E-state index in [0.717, 1.165) is 10.5 Å². The van der Waals surface area contributed by atoms with Crippen molar-refractivity contribution < 1.29 is 18.8 Å². The van der Waals surface area contributed by atoms with E-state index in [-0.39, 0.29) is 18.5 Å². The molecule has 0 bridgehead atoms. The Balaban J connectivity index is 1.76. The van der Waals surface area contributed by atoms with Crippen molar-refractivity contribution in [3.63, 3.8) is 0 Å². The third-order valence-electron chi connectivity index (χ3n) is 4.72. The van der Waals surface area contributed by atoms with Gasteiger partial charge >= 0.3 is 6.03 Å². The fourth-order valence-corrected chi connectivity index (χ4v) is 3.14. The maximum Gasteiger partial charge on any atom is 0.325 e. The summed E-state index contributed by atoms with van der Waals surface area (Å²) >= 11 is 0. The van der Waals surface area contributed by atoms with E-state index in [1.54, 1.807) is 24.0 Å². The number of hydrogen-bond acceptors (Lipinski definition) is 4. The molecule has 4 amide bonds. The van der Waals surface area contributed by atoms with E-state index in [9.17, 15) is 14.4 Å². The topological polar surface area (TPSA) is 82.9 Å². The van der Waals surface area contributed by atoms with Gasteiger partial charge < -0.3 is 14.6 Å². The van der Waals surface area contributed by atoms with Crippen LogP contribution in [0.25, 0.3) is 0 Å². The van der Waals surface area contributed by atoms with Crippen LogP contribution in [0.1, 0.15) is 32.1 Å². The van der Waals surface area contributed by atoms with Crippen molar-refractivity contribution in [2.45, 2.75) is 38.9 Å². The molecule has 0 aliphatic carbocycles. The molecule has 1 fully saturated rings. The van der Waals surface area contributed by atoms with Gasteiger partial charge in [-0.3, -0.25) is 14.5 Å². The SMILES string of the molecule is CC(C)N(Cc1ccccc1)C(=O)CN1C(=O)N[C@@](C)(c2ccco2)C1=O. The molecule has 1 atom stereocenters. The normalized spacial score (nSPS) is 19.5. The van der Waals surface area contributed by atoms with E-state index in [1.807, 2.05) is 44.2 Å². The van der Waals surface area contributed by atoms with E-state index in [4.69, 9.17) is 4.42 Å². The number of urea groups is 1. The highest BCUT2D eigenvalue weighted by atomic mass is 16.3. The lowest BCUT2D eigenvalue weighted by molar-refractivity contribution is -0.140. The average molecular weight is 369 g/mol. The van der Waals surface area contributed by atoms with Gasteiger partial charge in [0.05, 0.1) is 6.26 Å². The van der Waals surface area contributed by atoms with Crippen LogP contribution in [0, 0.1) is 0 Å². The van der Waals surface area contributed by atoms with Gasteiger partial charge in [0.1, 0.15) is 12.3 Å². The predicted molar refractivity (Wildman–Crippen MR) is 98.4 cm³/mol. The van der Waals surface area contributed by atoms with E-state index >= 15 is 0 Å². The summed E-state index contributed by atoms with van der Waals surface area (Å²) in [4.78, 5) is 40.7. The number of furan rings is 1. The molecular formula is C20H23N3O4. The largest absolute Gasteiger partial charge is 0.466 e. The zero-order chi connectivity index (χ0) is 19.6. The van der Waals surface area contributed by atoms with Crippen molar-refractivity contribution >= 4 is 17.8 Å². The van der Waals surface area contributed by atoms with Crippen molar-refractivity contribution in [3.8, 4) is 0 Å². The number of hydrogen-bond donors (Lipinski definition) is 1. The molecular weight excluding hydrogens is 346 g/mol. The molecule has 1 aromatic carbocycles. The molecule has 1 saturated heterocycles. The van der Waals surface area contributed by atoms with Crippen LogP contribution in [0.4, 0.5) is 4.79 Å². The number of carbonyl (C=O) groups is 3. The summed E-state index contributed by atoms with van der Waals surface area (Å²) in [6, 6.07) is 12.2. The van der Waals surface area contributed by atoms with Gasteiger partial charge in [-0.25, -0.2) is 4.79 Å². The second-order valence-corrected chi connectivity index (χ2v) is 7.02. The molecule has 1 aromatic heterocycles. The van der Waals surface area contributed by atoms with E-state index in [2.05, 4.69) is 5.32 Å². The standard InChI is InChI=1S/C20H23N3O4/c1-14(2)22(12-15-8-5-4-6-9-15)17(24)13-23-18(25)20(3,21-19(23)26)16-10-7-11-27-16/h4-11,14H,12-13H2,1-3H3,(H,21,26)/t20-/m0/s1. The van der Waals surface area contributed by atoms with Gasteiger partial charge in [0.15, 0.2) is 5.54 Å². The van der Waals surface area contributed by atoms with Gasteiger partial charge in [-0.1, -0.05) is 30.3 Å². The number of rotatable bonds is 6. The molecule has 1 N–H and O–H groups in total. The van der Waals surface area contributed by atoms with Crippen LogP contribution in [0.2, 0.25) is 0 Å². The van der Waals surface area contributed by atoms with Crippen molar-refractivity contribution in [1.82, 2.24) is 15.1 Å². The number of imide groups is 1. The van der Waals surface area contributed by atoms with Crippen LogP contribution in [-0.4, -0.2) is 40.2 Å². The number of benzene rings is 1. The lowest BCUT2D eigenvalue weighted by Gasteiger charge is -2.28. The molecule has 1 aliphatic heterocycles. The molecule has 0 spiro atoms. The summed E-state index contributed by atoms with van der Waals surface area (Å²) in [5.41, 5.74) is -0.319. The molecule has 142 valence electrons. The molecule has 2 aromatic rings. The second kappa shape index (κ2) is 7.26. The molecule has 2 heterocycles. The highest BCUT2D eigenvalue weighted by Crippen LogP contribution is 2.29. The molecule has 3 rings (SSSR count). The summed E-state index contributed by atoms with van der Waals surface area (Å²) in [7, 11) is 0. The highest BCUT2D eigenvalue weighted by Gasteiger charge is 2.51. The Morgan fingerprint density at radius 1 is 1.19 bits per heavy atom. The molecule has 27 heavy (non-hydrogen) atoms. The monoisotopic (exact) mass is 369 g/mol. The summed E-state index contributed by atoms with van der Waals surface area (Å²) in [5.74, 6) is -0.457. The predicted octanol–water partition coefficient (Wildman–Crippen LogP) is 2.48. The van der Waals surface area contributed by atoms with Crippen LogP contribution in [0.3, 0.4) is 0 Å². The Hall–Kier alpha value is -3.09. The van der Waals surface area contributed by atoms with Crippen LogP contribution in [0.15, 0.2) is 53.1 Å². The average Bonchev–Trinajstić information content (AvgIpc) is 3.25. The lowest BCUT2D eigenvalue weighted by Crippen LogP contribution is -2.46. The van der Waals surface area contributed by atoms with E-state index < -0.39 is 17.5 Å². The second-order valence-electron chi connectivity index (χ2n) is 7.02. The fourth-order valence-electron chi connectivity index (χ4n) is 3.14. The van der Waals surface area contributed by atoms with E-state index in [0.29, 0.717) is 12.3 Å². The molecule has 0 unspecified atom stereocenters. The first-order valence-corrected chi connectivity index (χ1v) is 8.84. The zero-order valence-corrected chi connectivity index (χ0v) is 15.6. The molecule has 1 aliphatic rings. The number of nitrogens with one attached hydrogen (secondary N) is 1. The Labute approximate surface area is 157 Å². The van der Waals surface area contributed by atoms with Crippen molar-refractivity contribution in [1.29, 1.82) is 0 Å². The lowest BCUT2D eigenvalue weighted by atomic mass is 9.99. The molecule has 7 heteroatoms. The van der Waals surface area contributed by atoms with Gasteiger partial charge in [-0.2, -0.15) is 0 Å². The molecule has 0 radical (unpaired) electrons. The third-order valence-corrected chi connectivity index (χ3v) is 4.72. The van der Waals surface area contributed by atoms with E-state index in [1.165, 1.54) is 6.26 Å². The smallest absolute Gasteiger partial charge is 0.325 e. The van der Waals surface area contributed by atoms with Gasteiger partial charge in [-0.15, -0.1) is 0 Å². The maximum atomic E-state index is 12.9. The first-order valence-electron chi connectivity index (χ1n) is 8.84. The van der Waals surface area contributed by atoms with Gasteiger partial charge in [0, 0.05) is 12.6 Å². The Bertz CT molecular complexity index is 832. The maximum absolute atomic E-state index is 12.9. The number of nitrogens with zero attached hydrogens (tertiary/aromatic N) is 2. The Morgan fingerprint density at radius 2 is 1.89 bits per heavy atom. The minimum atomic E-state index is -1.30. The summed E-state index contributed by atoms with van der Waals surface area (Å²) in [5, 5.41) is 2.63. The highest BCUT2D eigenvalue weighted by molar-refractivity contribution is 6.08. The first kappa shape index (κ1) is 18.7.